The molecule has 1 aliphatic heterocycles. The van der Waals surface area contributed by atoms with Crippen molar-refractivity contribution in [3.8, 4) is 0 Å². The molecule has 3 aromatic rings. The Morgan fingerprint density at radius 2 is 1.90 bits per heavy atom. The van der Waals surface area contributed by atoms with Crippen LogP contribution in [0.2, 0.25) is 5.02 Å². The van der Waals surface area contributed by atoms with Gasteiger partial charge in [-0.1, -0.05) is 16.8 Å². The molecule has 0 bridgehead atoms. The molecule has 29 heavy (non-hydrogen) atoms. The highest BCUT2D eigenvalue weighted by Crippen LogP contribution is 2.24. The number of benzene rings is 2. The number of aryl methyl sites for hydroxylation is 2. The van der Waals surface area contributed by atoms with Gasteiger partial charge in [0.25, 0.3) is 5.91 Å². The Hall–Kier alpha value is -2.93. The zero-order chi connectivity index (χ0) is 20.5. The van der Waals surface area contributed by atoms with E-state index in [2.05, 4.69) is 15.6 Å². The molecular formula is C21H22ClN5O2. The molecule has 1 fully saturated rings. The van der Waals surface area contributed by atoms with E-state index in [1.54, 1.807) is 27.8 Å². The first-order chi connectivity index (χ1) is 13.9. The Labute approximate surface area is 173 Å². The number of rotatable bonds is 3. The molecule has 4 rings (SSSR count). The van der Waals surface area contributed by atoms with Crippen LogP contribution in [0.25, 0.3) is 11.0 Å². The van der Waals surface area contributed by atoms with E-state index in [1.165, 1.54) is 0 Å². The summed E-state index contributed by atoms with van der Waals surface area (Å²) in [6, 6.07) is 10.8. The van der Waals surface area contributed by atoms with Gasteiger partial charge in [-0.2, -0.15) is 0 Å². The number of hydrogen-bond donors (Lipinski definition) is 1. The van der Waals surface area contributed by atoms with E-state index < -0.39 is 0 Å². The number of fused-ring (bicyclic) bond motifs is 1. The average molecular weight is 412 g/mol. The lowest BCUT2D eigenvalue weighted by atomic mass is 9.95. The highest BCUT2D eigenvalue weighted by Gasteiger charge is 2.28. The summed E-state index contributed by atoms with van der Waals surface area (Å²) in [5.41, 5.74) is 3.88. The van der Waals surface area contributed by atoms with Gasteiger partial charge in [0.1, 0.15) is 5.52 Å². The third-order valence-electron chi connectivity index (χ3n) is 5.46. The molecule has 0 aliphatic carbocycles. The van der Waals surface area contributed by atoms with Crippen LogP contribution >= 0.6 is 11.6 Å². The van der Waals surface area contributed by atoms with Gasteiger partial charge in [0, 0.05) is 42.3 Å². The zero-order valence-corrected chi connectivity index (χ0v) is 17.1. The van der Waals surface area contributed by atoms with E-state index in [0.29, 0.717) is 42.0 Å². The lowest BCUT2D eigenvalue weighted by Crippen LogP contribution is -2.41. The molecule has 0 atom stereocenters. The lowest BCUT2D eigenvalue weighted by Gasteiger charge is -2.31. The first-order valence-electron chi connectivity index (χ1n) is 9.58. The summed E-state index contributed by atoms with van der Waals surface area (Å²) in [4.78, 5) is 27.3. The molecule has 1 aromatic heterocycles. The smallest absolute Gasteiger partial charge is 0.253 e. The van der Waals surface area contributed by atoms with E-state index in [4.69, 9.17) is 11.6 Å². The fourth-order valence-corrected chi connectivity index (χ4v) is 3.93. The van der Waals surface area contributed by atoms with Crippen molar-refractivity contribution >= 4 is 40.1 Å². The summed E-state index contributed by atoms with van der Waals surface area (Å²) >= 11 is 5.97. The van der Waals surface area contributed by atoms with Gasteiger partial charge >= 0.3 is 0 Å². The van der Waals surface area contributed by atoms with Gasteiger partial charge in [-0.05, 0) is 61.7 Å². The van der Waals surface area contributed by atoms with Crippen molar-refractivity contribution in [3.05, 3.63) is 52.5 Å². The number of likely N-dealkylation sites (tertiary alicyclic amines) is 1. The maximum Gasteiger partial charge on any atom is 0.253 e. The second-order valence-electron chi connectivity index (χ2n) is 7.43. The van der Waals surface area contributed by atoms with Crippen LogP contribution < -0.4 is 5.32 Å². The number of carbonyl (C=O) groups excluding carboxylic acids is 2. The van der Waals surface area contributed by atoms with E-state index in [0.717, 1.165) is 16.8 Å². The van der Waals surface area contributed by atoms with E-state index in [-0.39, 0.29) is 17.7 Å². The maximum absolute atomic E-state index is 12.9. The molecule has 0 saturated carbocycles. The number of carbonyl (C=O) groups is 2. The largest absolute Gasteiger partial charge is 0.339 e. The van der Waals surface area contributed by atoms with Crippen molar-refractivity contribution in [1.82, 2.24) is 19.9 Å². The van der Waals surface area contributed by atoms with Crippen LogP contribution in [0, 0.1) is 12.8 Å². The molecule has 1 saturated heterocycles. The standard InChI is InChI=1S/C21H22ClN5O2/c1-13-11-16(22)4-5-17(13)23-20(28)14-7-9-27(10-8-14)21(29)15-3-6-19-18(12-15)24-25-26(19)2/h3-6,11-12,14H,7-10H2,1-2H3,(H,23,28). The minimum atomic E-state index is -0.114. The number of aromatic nitrogens is 3. The zero-order valence-electron chi connectivity index (χ0n) is 16.4. The van der Waals surface area contributed by atoms with Crippen LogP contribution in [0.1, 0.15) is 28.8 Å². The molecule has 0 unspecified atom stereocenters. The Morgan fingerprint density at radius 1 is 1.14 bits per heavy atom. The van der Waals surface area contributed by atoms with Crippen molar-refractivity contribution in [2.24, 2.45) is 13.0 Å². The van der Waals surface area contributed by atoms with E-state index in [9.17, 15) is 9.59 Å². The molecule has 2 heterocycles. The van der Waals surface area contributed by atoms with Gasteiger partial charge in [0.15, 0.2) is 0 Å². The second kappa shape index (κ2) is 7.83. The summed E-state index contributed by atoms with van der Waals surface area (Å²) < 4.78 is 1.68. The predicted octanol–water partition coefficient (Wildman–Crippen LogP) is 3.42. The highest BCUT2D eigenvalue weighted by molar-refractivity contribution is 6.30. The normalized spacial score (nSPS) is 14.9. The van der Waals surface area contributed by atoms with Gasteiger partial charge in [0.2, 0.25) is 5.91 Å². The molecule has 0 radical (unpaired) electrons. The van der Waals surface area contributed by atoms with Crippen molar-refractivity contribution in [3.63, 3.8) is 0 Å². The van der Waals surface area contributed by atoms with Crippen LogP contribution in [0.5, 0.6) is 0 Å². The number of anilines is 1. The van der Waals surface area contributed by atoms with Crippen LogP contribution in [-0.4, -0.2) is 44.8 Å². The van der Waals surface area contributed by atoms with Crippen LogP contribution in [0.3, 0.4) is 0 Å². The molecule has 1 N–H and O–H groups in total. The second-order valence-corrected chi connectivity index (χ2v) is 7.87. The van der Waals surface area contributed by atoms with Crippen LogP contribution in [-0.2, 0) is 11.8 Å². The van der Waals surface area contributed by atoms with Gasteiger partial charge in [-0.25, -0.2) is 4.68 Å². The highest BCUT2D eigenvalue weighted by atomic mass is 35.5. The minimum Gasteiger partial charge on any atom is -0.339 e. The number of halogens is 1. The Kier molecular flexibility index (Phi) is 5.24. The molecule has 2 amide bonds. The van der Waals surface area contributed by atoms with Gasteiger partial charge in [-0.3, -0.25) is 9.59 Å². The first-order valence-corrected chi connectivity index (χ1v) is 9.96. The van der Waals surface area contributed by atoms with Crippen molar-refractivity contribution in [1.29, 1.82) is 0 Å². The summed E-state index contributed by atoms with van der Waals surface area (Å²) in [5.74, 6) is -0.162. The molecule has 150 valence electrons. The molecule has 8 heteroatoms. The number of nitrogens with zero attached hydrogens (tertiary/aromatic N) is 4. The number of amides is 2. The van der Waals surface area contributed by atoms with Crippen molar-refractivity contribution in [2.45, 2.75) is 19.8 Å². The monoisotopic (exact) mass is 411 g/mol. The third kappa shape index (κ3) is 3.96. The van der Waals surface area contributed by atoms with Crippen LogP contribution in [0.15, 0.2) is 36.4 Å². The predicted molar refractivity (Wildman–Crippen MR) is 112 cm³/mol. The third-order valence-corrected chi connectivity index (χ3v) is 5.69. The minimum absolute atomic E-state index is 0.0106. The summed E-state index contributed by atoms with van der Waals surface area (Å²) in [7, 11) is 1.82. The fraction of sp³-hybridized carbons (Fsp3) is 0.333. The van der Waals surface area contributed by atoms with Gasteiger partial charge in [-0.15, -0.1) is 5.10 Å². The van der Waals surface area contributed by atoms with Crippen LogP contribution in [0.4, 0.5) is 5.69 Å². The SMILES string of the molecule is Cc1cc(Cl)ccc1NC(=O)C1CCN(C(=O)c2ccc3c(c2)nnn3C)CC1. The summed E-state index contributed by atoms with van der Waals surface area (Å²) in [6.07, 6.45) is 1.27. The molecular weight excluding hydrogens is 390 g/mol. The Morgan fingerprint density at radius 3 is 2.62 bits per heavy atom. The number of nitrogens with one attached hydrogen (secondary N) is 1. The van der Waals surface area contributed by atoms with Gasteiger partial charge < -0.3 is 10.2 Å². The van der Waals surface area contributed by atoms with Crippen molar-refractivity contribution in [2.75, 3.05) is 18.4 Å². The molecule has 2 aromatic carbocycles. The fourth-order valence-electron chi connectivity index (χ4n) is 3.70. The molecule has 1 aliphatic rings. The molecule has 7 nitrogen and oxygen atoms in total. The number of hydrogen-bond acceptors (Lipinski definition) is 4. The number of piperidine rings is 1. The summed E-state index contributed by atoms with van der Waals surface area (Å²) in [5, 5.41) is 11.7. The van der Waals surface area contributed by atoms with E-state index in [1.807, 2.05) is 32.2 Å². The quantitative estimate of drug-likeness (QED) is 0.716. The van der Waals surface area contributed by atoms with Crippen molar-refractivity contribution < 1.29 is 9.59 Å². The lowest BCUT2D eigenvalue weighted by molar-refractivity contribution is -0.121. The maximum atomic E-state index is 12.9. The average Bonchev–Trinajstić information content (AvgIpc) is 3.10. The Bertz CT molecular complexity index is 1090. The van der Waals surface area contributed by atoms with Gasteiger partial charge in [0.05, 0.1) is 5.52 Å². The Balaban J connectivity index is 1.37. The molecule has 0 spiro atoms. The first kappa shape index (κ1) is 19.4. The van der Waals surface area contributed by atoms with E-state index >= 15 is 0 Å². The summed E-state index contributed by atoms with van der Waals surface area (Å²) in [6.45, 7) is 3.01. The topological polar surface area (TPSA) is 80.1 Å².